The Kier molecular flexibility index (Phi) is 8.60. The monoisotopic (exact) mass is 460 g/mol. The van der Waals surface area contributed by atoms with Crippen molar-refractivity contribution in [2.45, 2.75) is 33.5 Å². The zero-order valence-electron chi connectivity index (χ0n) is 19.3. The molecule has 0 bridgehead atoms. The first kappa shape index (κ1) is 24.7. The Morgan fingerprint density at radius 3 is 2.50 bits per heavy atom. The van der Waals surface area contributed by atoms with E-state index in [1.165, 1.54) is 18.2 Å². The fourth-order valence-corrected chi connectivity index (χ4v) is 3.35. The van der Waals surface area contributed by atoms with Gasteiger partial charge in [-0.05, 0) is 61.7 Å². The minimum Gasteiger partial charge on any atom is -0.488 e. The van der Waals surface area contributed by atoms with Gasteiger partial charge >= 0.3 is 0 Å². The number of benzene rings is 3. The zero-order chi connectivity index (χ0) is 24.5. The summed E-state index contributed by atoms with van der Waals surface area (Å²) in [6, 6.07) is 16.7. The Bertz CT molecular complexity index is 1200. The van der Waals surface area contributed by atoms with E-state index in [9.17, 15) is 14.3 Å². The van der Waals surface area contributed by atoms with Gasteiger partial charge in [0.25, 0.3) is 0 Å². The average molecular weight is 461 g/mol. The van der Waals surface area contributed by atoms with Crippen LogP contribution < -0.4 is 15.8 Å². The minimum atomic E-state index is -0.334. The first-order chi connectivity index (χ1) is 16.4. The van der Waals surface area contributed by atoms with E-state index in [2.05, 4.69) is 11.4 Å². The lowest BCUT2D eigenvalue weighted by molar-refractivity contribution is -0.111. The number of amides is 1. The number of nitrogens with one attached hydrogen (secondary N) is 1. The molecule has 6 heteroatoms. The van der Waals surface area contributed by atoms with Gasteiger partial charge in [-0.1, -0.05) is 48.0 Å². The van der Waals surface area contributed by atoms with Crippen LogP contribution in [0.1, 0.15) is 36.1 Å². The maximum absolute atomic E-state index is 13.3. The zero-order valence-corrected chi connectivity index (χ0v) is 19.3. The van der Waals surface area contributed by atoms with Crippen LogP contribution in [0.5, 0.6) is 5.75 Å². The van der Waals surface area contributed by atoms with Crippen molar-refractivity contribution in [1.29, 1.82) is 0 Å². The van der Waals surface area contributed by atoms with Gasteiger partial charge in [0.15, 0.2) is 0 Å². The Labute approximate surface area is 199 Å². The van der Waals surface area contributed by atoms with Crippen molar-refractivity contribution in [2.75, 3.05) is 11.1 Å². The number of anilines is 2. The van der Waals surface area contributed by atoms with E-state index in [4.69, 9.17) is 10.5 Å². The van der Waals surface area contributed by atoms with Gasteiger partial charge in [-0.25, -0.2) is 4.39 Å². The SMILES string of the molecule is CC(C)=CCc1c(CO)ccc(/C=C/C(=O)Nc2ccccc2N)c1OCc1ccc(F)cc1. The lowest BCUT2D eigenvalue weighted by Gasteiger charge is -2.17. The van der Waals surface area contributed by atoms with E-state index in [1.807, 2.05) is 19.9 Å². The summed E-state index contributed by atoms with van der Waals surface area (Å²) in [6.07, 6.45) is 5.69. The number of nitrogen functional groups attached to an aromatic ring is 1. The molecule has 0 aromatic heterocycles. The average Bonchev–Trinajstić information content (AvgIpc) is 2.82. The van der Waals surface area contributed by atoms with Crippen molar-refractivity contribution < 1.29 is 19.0 Å². The van der Waals surface area contributed by atoms with Crippen molar-refractivity contribution in [3.63, 3.8) is 0 Å². The molecule has 3 aromatic rings. The summed E-state index contributed by atoms with van der Waals surface area (Å²) in [5.41, 5.74) is 11.1. The van der Waals surface area contributed by atoms with E-state index < -0.39 is 0 Å². The van der Waals surface area contributed by atoms with Gasteiger partial charge in [-0.2, -0.15) is 0 Å². The fourth-order valence-electron chi connectivity index (χ4n) is 3.35. The lowest BCUT2D eigenvalue weighted by Crippen LogP contribution is -2.09. The van der Waals surface area contributed by atoms with Gasteiger partial charge in [0.05, 0.1) is 18.0 Å². The van der Waals surface area contributed by atoms with Crippen LogP contribution in [0.25, 0.3) is 6.08 Å². The smallest absolute Gasteiger partial charge is 0.248 e. The number of aliphatic hydroxyl groups excluding tert-OH is 1. The number of carbonyl (C=O) groups is 1. The van der Waals surface area contributed by atoms with Gasteiger partial charge < -0.3 is 20.9 Å². The van der Waals surface area contributed by atoms with E-state index in [0.717, 1.165) is 22.3 Å². The quantitative estimate of drug-likeness (QED) is 0.219. The number of nitrogens with two attached hydrogens (primary N) is 1. The number of carbonyl (C=O) groups excluding carboxylic acids is 1. The molecule has 0 radical (unpaired) electrons. The highest BCUT2D eigenvalue weighted by molar-refractivity contribution is 6.03. The molecule has 0 unspecified atom stereocenters. The van der Waals surface area contributed by atoms with E-state index >= 15 is 0 Å². The molecule has 0 heterocycles. The van der Waals surface area contributed by atoms with Gasteiger partial charge in [-0.3, -0.25) is 4.79 Å². The van der Waals surface area contributed by atoms with Crippen LogP contribution in [-0.4, -0.2) is 11.0 Å². The maximum Gasteiger partial charge on any atom is 0.248 e. The van der Waals surface area contributed by atoms with Crippen LogP contribution in [0.2, 0.25) is 0 Å². The molecule has 176 valence electrons. The van der Waals surface area contributed by atoms with Crippen LogP contribution in [0.15, 0.2) is 78.4 Å². The van der Waals surface area contributed by atoms with Gasteiger partial charge in [-0.15, -0.1) is 0 Å². The van der Waals surface area contributed by atoms with Crippen LogP contribution in [0.3, 0.4) is 0 Å². The standard InChI is InChI=1S/C28H29FN2O3/c1-19(2)7-15-24-22(17-32)11-10-21(28(24)34-18-20-8-13-23(29)14-9-20)12-16-27(33)31-26-6-4-3-5-25(26)30/h3-14,16,32H,15,17-18,30H2,1-2H3,(H,31,33)/b16-12+. The highest BCUT2D eigenvalue weighted by Gasteiger charge is 2.14. The highest BCUT2D eigenvalue weighted by atomic mass is 19.1. The number of para-hydroxylation sites is 2. The lowest BCUT2D eigenvalue weighted by atomic mass is 9.98. The number of rotatable bonds is 9. The van der Waals surface area contributed by atoms with Crippen LogP contribution in [-0.2, 0) is 24.4 Å². The van der Waals surface area contributed by atoms with Crippen molar-refractivity contribution >= 4 is 23.4 Å². The van der Waals surface area contributed by atoms with Gasteiger partial charge in [0.1, 0.15) is 18.2 Å². The molecule has 0 aliphatic rings. The normalized spacial score (nSPS) is 10.8. The minimum absolute atomic E-state index is 0.142. The Morgan fingerprint density at radius 2 is 1.82 bits per heavy atom. The molecule has 0 atom stereocenters. The van der Waals surface area contributed by atoms with Crippen molar-refractivity contribution in [3.8, 4) is 5.75 Å². The molecule has 0 aliphatic carbocycles. The van der Waals surface area contributed by atoms with Crippen molar-refractivity contribution in [3.05, 3.63) is 106 Å². The first-order valence-corrected chi connectivity index (χ1v) is 11.0. The topological polar surface area (TPSA) is 84.6 Å². The summed E-state index contributed by atoms with van der Waals surface area (Å²) >= 11 is 0. The van der Waals surface area contributed by atoms with Gasteiger partial charge in [0.2, 0.25) is 5.91 Å². The molecule has 3 aromatic carbocycles. The number of ether oxygens (including phenoxy) is 1. The summed E-state index contributed by atoms with van der Waals surface area (Å²) in [5, 5.41) is 12.7. The predicted octanol–water partition coefficient (Wildman–Crippen LogP) is 5.64. The summed E-state index contributed by atoms with van der Waals surface area (Å²) in [7, 11) is 0. The summed E-state index contributed by atoms with van der Waals surface area (Å²) < 4.78 is 19.5. The second kappa shape index (κ2) is 11.8. The molecule has 0 aliphatic heterocycles. The number of halogens is 1. The summed E-state index contributed by atoms with van der Waals surface area (Å²) in [6.45, 7) is 4.07. The van der Waals surface area contributed by atoms with Gasteiger partial charge in [0, 0.05) is 17.2 Å². The molecule has 0 spiro atoms. The van der Waals surface area contributed by atoms with Crippen LogP contribution >= 0.6 is 0 Å². The Morgan fingerprint density at radius 1 is 1.09 bits per heavy atom. The molecule has 34 heavy (non-hydrogen) atoms. The third-order valence-electron chi connectivity index (χ3n) is 5.20. The Balaban J connectivity index is 1.92. The number of hydrogen-bond acceptors (Lipinski definition) is 4. The molecule has 3 rings (SSSR count). The third-order valence-corrected chi connectivity index (χ3v) is 5.20. The number of hydrogen-bond donors (Lipinski definition) is 3. The summed E-state index contributed by atoms with van der Waals surface area (Å²) in [4.78, 5) is 12.5. The molecule has 5 nitrogen and oxygen atoms in total. The van der Waals surface area contributed by atoms with Crippen molar-refractivity contribution in [1.82, 2.24) is 0 Å². The van der Waals surface area contributed by atoms with E-state index in [-0.39, 0.29) is 24.9 Å². The second-order valence-corrected chi connectivity index (χ2v) is 8.09. The Hall–Kier alpha value is -3.90. The molecule has 0 saturated carbocycles. The van der Waals surface area contributed by atoms with Crippen LogP contribution in [0.4, 0.5) is 15.8 Å². The second-order valence-electron chi connectivity index (χ2n) is 8.09. The summed E-state index contributed by atoms with van der Waals surface area (Å²) in [5.74, 6) is -0.0833. The molecule has 1 amide bonds. The number of aliphatic hydroxyl groups is 1. The predicted molar refractivity (Wildman–Crippen MR) is 135 cm³/mol. The van der Waals surface area contributed by atoms with Crippen molar-refractivity contribution in [2.24, 2.45) is 0 Å². The molecule has 4 N–H and O–H groups in total. The fraction of sp³-hybridized carbons (Fsp3) is 0.179. The number of allylic oxidation sites excluding steroid dienone is 2. The first-order valence-electron chi connectivity index (χ1n) is 11.0. The molecular formula is C28H29FN2O3. The van der Waals surface area contributed by atoms with E-state index in [0.29, 0.717) is 29.1 Å². The molecule has 0 fully saturated rings. The maximum atomic E-state index is 13.3. The largest absolute Gasteiger partial charge is 0.488 e. The van der Waals surface area contributed by atoms with Crippen LogP contribution in [0, 0.1) is 5.82 Å². The molecular weight excluding hydrogens is 431 g/mol. The van der Waals surface area contributed by atoms with E-state index in [1.54, 1.807) is 48.5 Å². The third kappa shape index (κ3) is 6.80. The molecule has 0 saturated heterocycles. The highest BCUT2D eigenvalue weighted by Crippen LogP contribution is 2.31.